The summed E-state index contributed by atoms with van der Waals surface area (Å²) in [6, 6.07) is 4.86. The molecule has 0 unspecified atom stereocenters. The van der Waals surface area contributed by atoms with Crippen LogP contribution in [0.2, 0.25) is 0 Å². The number of rotatable bonds is 0. The molecule has 0 radical (unpaired) electrons. The van der Waals surface area contributed by atoms with Crippen LogP contribution in [0.5, 0.6) is 0 Å². The van der Waals surface area contributed by atoms with Crippen molar-refractivity contribution in [2.75, 3.05) is 0 Å². The number of imide groups is 1. The fourth-order valence-corrected chi connectivity index (χ4v) is 1.36. The average molecular weight is 209 g/mol. The number of hydrogen-bond donors (Lipinski definition) is 2. The summed E-state index contributed by atoms with van der Waals surface area (Å²) >= 11 is 4.06. The monoisotopic (exact) mass is 209 g/mol. The molecule has 14 heavy (non-hydrogen) atoms. The van der Waals surface area contributed by atoms with Gasteiger partial charge in [-0.15, -0.1) is 12.6 Å². The molecule has 0 saturated carbocycles. The Bertz CT molecular complexity index is 388. The molecular weight excluding hydrogens is 198 g/mol. The highest BCUT2D eigenvalue weighted by molar-refractivity contribution is 7.80. The molecule has 3 nitrogen and oxygen atoms in total. The Hall–Kier alpha value is -1.29. The van der Waals surface area contributed by atoms with Gasteiger partial charge in [-0.1, -0.05) is 13.8 Å². The molecule has 0 aliphatic carbocycles. The molecular formula is C10H11NO2S. The normalized spacial score (nSPS) is 12.8. The van der Waals surface area contributed by atoms with Gasteiger partial charge in [-0.3, -0.25) is 14.9 Å². The van der Waals surface area contributed by atoms with Crippen LogP contribution < -0.4 is 5.32 Å². The number of carbonyl (C=O) groups is 2. The van der Waals surface area contributed by atoms with E-state index in [2.05, 4.69) is 17.9 Å². The van der Waals surface area contributed by atoms with Crippen LogP contribution >= 0.6 is 12.6 Å². The SMILES string of the molecule is CC.O=C1NC(=O)c2cc(S)ccc21. The third-order valence-electron chi connectivity index (χ3n) is 1.72. The Morgan fingerprint density at radius 3 is 2.29 bits per heavy atom. The van der Waals surface area contributed by atoms with E-state index in [1.54, 1.807) is 18.2 Å². The summed E-state index contributed by atoms with van der Waals surface area (Å²) in [5, 5.41) is 2.20. The second kappa shape index (κ2) is 4.28. The predicted molar refractivity (Wildman–Crippen MR) is 56.8 cm³/mol. The van der Waals surface area contributed by atoms with Gasteiger partial charge in [-0.2, -0.15) is 0 Å². The Morgan fingerprint density at radius 2 is 1.64 bits per heavy atom. The van der Waals surface area contributed by atoms with E-state index in [9.17, 15) is 9.59 Å². The van der Waals surface area contributed by atoms with Crippen LogP contribution in [-0.2, 0) is 0 Å². The van der Waals surface area contributed by atoms with Gasteiger partial charge in [0.1, 0.15) is 0 Å². The van der Waals surface area contributed by atoms with Gasteiger partial charge in [0.2, 0.25) is 0 Å². The molecule has 2 amide bonds. The Labute approximate surface area is 87.9 Å². The average Bonchev–Trinajstić information content (AvgIpc) is 2.46. The van der Waals surface area contributed by atoms with E-state index >= 15 is 0 Å². The number of thiol groups is 1. The standard InChI is InChI=1S/C8H5NO2S.C2H6/c10-7-5-2-1-4(12)3-6(5)8(11)9-7;1-2/h1-3,12H,(H,9,10,11);1-2H3. The van der Waals surface area contributed by atoms with Crippen LogP contribution in [0.1, 0.15) is 34.6 Å². The molecule has 1 aromatic rings. The Morgan fingerprint density at radius 1 is 1.07 bits per heavy atom. The van der Waals surface area contributed by atoms with E-state index in [4.69, 9.17) is 0 Å². The predicted octanol–water partition coefficient (Wildman–Crippen LogP) is 1.89. The van der Waals surface area contributed by atoms with Crippen molar-refractivity contribution in [3.05, 3.63) is 29.3 Å². The van der Waals surface area contributed by atoms with Crippen molar-refractivity contribution in [1.29, 1.82) is 0 Å². The number of carbonyl (C=O) groups excluding carboxylic acids is 2. The molecule has 1 aliphatic rings. The van der Waals surface area contributed by atoms with E-state index in [0.29, 0.717) is 16.0 Å². The van der Waals surface area contributed by atoms with Crippen molar-refractivity contribution in [2.24, 2.45) is 0 Å². The smallest absolute Gasteiger partial charge is 0.258 e. The lowest BCUT2D eigenvalue weighted by Gasteiger charge is -1.93. The molecule has 1 N–H and O–H groups in total. The zero-order valence-corrected chi connectivity index (χ0v) is 8.89. The van der Waals surface area contributed by atoms with Crippen LogP contribution in [0.25, 0.3) is 0 Å². The van der Waals surface area contributed by atoms with E-state index in [-0.39, 0.29) is 11.8 Å². The molecule has 0 atom stereocenters. The van der Waals surface area contributed by atoms with Gasteiger partial charge in [-0.25, -0.2) is 0 Å². The minimum atomic E-state index is -0.342. The highest BCUT2D eigenvalue weighted by Crippen LogP contribution is 2.18. The van der Waals surface area contributed by atoms with Gasteiger partial charge in [0.05, 0.1) is 11.1 Å². The van der Waals surface area contributed by atoms with Crippen LogP contribution in [0.15, 0.2) is 23.1 Å². The molecule has 74 valence electrons. The third-order valence-corrected chi connectivity index (χ3v) is 2.00. The molecule has 0 bridgehead atoms. The minimum Gasteiger partial charge on any atom is -0.288 e. The molecule has 1 heterocycles. The van der Waals surface area contributed by atoms with Crippen LogP contribution in [0.3, 0.4) is 0 Å². The molecule has 0 spiro atoms. The van der Waals surface area contributed by atoms with Crippen molar-refractivity contribution in [2.45, 2.75) is 18.7 Å². The zero-order chi connectivity index (χ0) is 10.7. The van der Waals surface area contributed by atoms with Gasteiger partial charge >= 0.3 is 0 Å². The highest BCUT2D eigenvalue weighted by atomic mass is 32.1. The van der Waals surface area contributed by atoms with E-state index in [1.807, 2.05) is 13.8 Å². The second-order valence-electron chi connectivity index (χ2n) is 2.51. The molecule has 4 heteroatoms. The zero-order valence-electron chi connectivity index (χ0n) is 8.00. The summed E-state index contributed by atoms with van der Waals surface area (Å²) < 4.78 is 0. The van der Waals surface area contributed by atoms with Crippen molar-refractivity contribution in [1.82, 2.24) is 5.32 Å². The summed E-state index contributed by atoms with van der Waals surface area (Å²) in [5.41, 5.74) is 0.838. The lowest BCUT2D eigenvalue weighted by molar-refractivity contribution is 0.0879. The molecule has 0 aromatic heterocycles. The summed E-state index contributed by atoms with van der Waals surface area (Å²) in [5.74, 6) is -0.672. The van der Waals surface area contributed by atoms with Gasteiger partial charge in [0.25, 0.3) is 11.8 Å². The van der Waals surface area contributed by atoms with Gasteiger partial charge in [-0.05, 0) is 18.2 Å². The summed E-state index contributed by atoms with van der Waals surface area (Å²) in [6.07, 6.45) is 0. The number of benzene rings is 1. The lowest BCUT2D eigenvalue weighted by Crippen LogP contribution is -2.19. The molecule has 0 saturated heterocycles. The maximum atomic E-state index is 11.1. The first-order valence-electron chi connectivity index (χ1n) is 4.37. The quantitative estimate of drug-likeness (QED) is 0.506. The maximum absolute atomic E-state index is 11.1. The first-order valence-corrected chi connectivity index (χ1v) is 4.82. The van der Waals surface area contributed by atoms with E-state index < -0.39 is 0 Å². The summed E-state index contributed by atoms with van der Waals surface area (Å²) in [4.78, 5) is 22.8. The van der Waals surface area contributed by atoms with Crippen LogP contribution in [0.4, 0.5) is 0 Å². The first kappa shape index (κ1) is 10.8. The molecule has 2 rings (SSSR count). The van der Waals surface area contributed by atoms with Crippen LogP contribution in [-0.4, -0.2) is 11.8 Å². The number of hydrogen-bond acceptors (Lipinski definition) is 3. The van der Waals surface area contributed by atoms with Crippen molar-refractivity contribution in [3.63, 3.8) is 0 Å². The van der Waals surface area contributed by atoms with Crippen molar-refractivity contribution >= 4 is 24.4 Å². The van der Waals surface area contributed by atoms with Gasteiger partial charge in [0.15, 0.2) is 0 Å². The number of amides is 2. The second-order valence-corrected chi connectivity index (χ2v) is 3.03. The topological polar surface area (TPSA) is 46.2 Å². The highest BCUT2D eigenvalue weighted by Gasteiger charge is 2.25. The largest absolute Gasteiger partial charge is 0.288 e. The summed E-state index contributed by atoms with van der Waals surface area (Å²) in [6.45, 7) is 4.00. The Balaban J connectivity index is 0.000000461. The fraction of sp³-hybridized carbons (Fsp3) is 0.200. The van der Waals surface area contributed by atoms with Gasteiger partial charge < -0.3 is 0 Å². The minimum absolute atomic E-state index is 0.330. The first-order chi connectivity index (χ1) is 6.68. The molecule has 0 fully saturated rings. The number of fused-ring (bicyclic) bond motifs is 1. The molecule has 1 aromatic carbocycles. The summed E-state index contributed by atoms with van der Waals surface area (Å²) in [7, 11) is 0. The van der Waals surface area contributed by atoms with Crippen molar-refractivity contribution < 1.29 is 9.59 Å². The van der Waals surface area contributed by atoms with E-state index in [0.717, 1.165) is 0 Å². The maximum Gasteiger partial charge on any atom is 0.258 e. The van der Waals surface area contributed by atoms with Crippen LogP contribution in [0, 0.1) is 0 Å². The van der Waals surface area contributed by atoms with Crippen molar-refractivity contribution in [3.8, 4) is 0 Å². The number of nitrogens with one attached hydrogen (secondary N) is 1. The van der Waals surface area contributed by atoms with E-state index in [1.165, 1.54) is 0 Å². The third kappa shape index (κ3) is 1.80. The fourth-order valence-electron chi connectivity index (χ4n) is 1.16. The van der Waals surface area contributed by atoms with Gasteiger partial charge in [0, 0.05) is 4.90 Å². The molecule has 1 aliphatic heterocycles. The lowest BCUT2D eigenvalue weighted by atomic mass is 10.1. The Kier molecular flexibility index (Phi) is 3.30.